The van der Waals surface area contributed by atoms with E-state index in [0.29, 0.717) is 18.2 Å². The monoisotopic (exact) mass is 156 g/mol. The van der Waals surface area contributed by atoms with Crippen molar-refractivity contribution < 1.29 is 9.47 Å². The van der Waals surface area contributed by atoms with Gasteiger partial charge in [-0.1, -0.05) is 0 Å². The van der Waals surface area contributed by atoms with Gasteiger partial charge in [0.15, 0.2) is 0 Å². The van der Waals surface area contributed by atoms with E-state index in [-0.39, 0.29) is 0 Å². The molecule has 0 aliphatic rings. The van der Waals surface area contributed by atoms with Crippen molar-refractivity contribution in [1.82, 2.24) is 10.2 Å². The molecule has 1 aromatic rings. The van der Waals surface area contributed by atoms with Gasteiger partial charge in [-0.3, -0.25) is 5.10 Å². The number of nitrogens with zero attached hydrogens (tertiary/aromatic N) is 1. The summed E-state index contributed by atoms with van der Waals surface area (Å²) in [6.45, 7) is 4.39. The van der Waals surface area contributed by atoms with Crippen LogP contribution in [0.3, 0.4) is 0 Å². The number of aryl methyl sites for hydroxylation is 1. The minimum absolute atomic E-state index is 0.535. The minimum atomic E-state index is 0.535. The zero-order valence-electron chi connectivity index (χ0n) is 6.97. The molecule has 62 valence electrons. The van der Waals surface area contributed by atoms with E-state index in [9.17, 15) is 0 Å². The molecule has 4 nitrogen and oxygen atoms in total. The molecule has 0 aromatic carbocycles. The zero-order valence-corrected chi connectivity index (χ0v) is 6.97. The molecule has 0 atom stereocenters. The van der Waals surface area contributed by atoms with Gasteiger partial charge >= 0.3 is 0 Å². The van der Waals surface area contributed by atoms with Gasteiger partial charge in [-0.2, -0.15) is 0 Å². The summed E-state index contributed by atoms with van der Waals surface area (Å²) >= 11 is 0. The van der Waals surface area contributed by atoms with Crippen LogP contribution in [0.1, 0.15) is 12.6 Å². The number of methoxy groups -OCH3 is 1. The van der Waals surface area contributed by atoms with E-state index in [1.54, 1.807) is 7.11 Å². The number of hydrogen-bond donors (Lipinski definition) is 1. The maximum Gasteiger partial charge on any atom is 0.276 e. The molecule has 1 heterocycles. The quantitative estimate of drug-likeness (QED) is 0.713. The number of aromatic amines is 1. The van der Waals surface area contributed by atoms with Gasteiger partial charge in [-0.25, -0.2) is 0 Å². The molecule has 0 amide bonds. The smallest absolute Gasteiger partial charge is 0.276 e. The second kappa shape index (κ2) is 3.27. The standard InChI is InChI=1S/C7H12N2O2/c1-4-11-7-6(10-3)5(2)8-9-7/h4H2,1-3H3,(H,8,9). The number of ether oxygens (including phenoxy) is 2. The van der Waals surface area contributed by atoms with Gasteiger partial charge in [0.2, 0.25) is 5.75 Å². The van der Waals surface area contributed by atoms with Crippen molar-refractivity contribution in [3.8, 4) is 11.6 Å². The predicted molar refractivity (Wildman–Crippen MR) is 41.0 cm³/mol. The zero-order chi connectivity index (χ0) is 8.27. The lowest BCUT2D eigenvalue weighted by atomic mass is 10.4. The summed E-state index contributed by atoms with van der Waals surface area (Å²) < 4.78 is 10.2. The third kappa shape index (κ3) is 1.45. The Bertz CT molecular complexity index is 232. The maximum atomic E-state index is 5.18. The van der Waals surface area contributed by atoms with Crippen LogP contribution >= 0.6 is 0 Å². The highest BCUT2D eigenvalue weighted by atomic mass is 16.5. The van der Waals surface area contributed by atoms with Crippen LogP contribution in [0.4, 0.5) is 0 Å². The Morgan fingerprint density at radius 3 is 2.82 bits per heavy atom. The van der Waals surface area contributed by atoms with E-state index in [1.165, 1.54) is 0 Å². The summed E-state index contributed by atoms with van der Waals surface area (Å²) in [5.74, 6) is 1.22. The van der Waals surface area contributed by atoms with Gasteiger partial charge in [0.25, 0.3) is 5.88 Å². The maximum absolute atomic E-state index is 5.18. The summed E-state index contributed by atoms with van der Waals surface area (Å²) in [5.41, 5.74) is 0.885. The Labute approximate surface area is 65.5 Å². The van der Waals surface area contributed by atoms with Crippen LogP contribution in [0.2, 0.25) is 0 Å². The van der Waals surface area contributed by atoms with Crippen molar-refractivity contribution in [2.45, 2.75) is 13.8 Å². The molecule has 0 saturated heterocycles. The van der Waals surface area contributed by atoms with Gasteiger partial charge in [0.1, 0.15) is 0 Å². The number of hydrogen-bond acceptors (Lipinski definition) is 3. The molecule has 0 aliphatic heterocycles. The van der Waals surface area contributed by atoms with Crippen LogP contribution in [0.25, 0.3) is 0 Å². The molecular weight excluding hydrogens is 144 g/mol. The van der Waals surface area contributed by atoms with Crippen LogP contribution in [0.5, 0.6) is 11.6 Å². The third-order valence-electron chi connectivity index (χ3n) is 1.35. The van der Waals surface area contributed by atoms with Crippen molar-refractivity contribution in [1.29, 1.82) is 0 Å². The fourth-order valence-electron chi connectivity index (χ4n) is 0.872. The SMILES string of the molecule is CCOc1n[nH]c(C)c1OC. The number of nitrogens with one attached hydrogen (secondary N) is 1. The highest BCUT2D eigenvalue weighted by Gasteiger charge is 2.10. The molecule has 0 spiro atoms. The molecule has 0 saturated carbocycles. The second-order valence-electron chi connectivity index (χ2n) is 2.12. The largest absolute Gasteiger partial charge is 0.490 e. The van der Waals surface area contributed by atoms with E-state index in [2.05, 4.69) is 10.2 Å². The Kier molecular flexibility index (Phi) is 2.36. The van der Waals surface area contributed by atoms with Gasteiger partial charge in [-0.15, -0.1) is 5.10 Å². The first-order valence-electron chi connectivity index (χ1n) is 3.51. The molecule has 1 aromatic heterocycles. The first-order chi connectivity index (χ1) is 5.29. The first-order valence-corrected chi connectivity index (χ1v) is 3.51. The van der Waals surface area contributed by atoms with Crippen molar-refractivity contribution in [2.24, 2.45) is 0 Å². The van der Waals surface area contributed by atoms with Crippen molar-refractivity contribution in [3.63, 3.8) is 0 Å². The Morgan fingerprint density at radius 1 is 1.55 bits per heavy atom. The van der Waals surface area contributed by atoms with E-state index in [4.69, 9.17) is 9.47 Å². The van der Waals surface area contributed by atoms with E-state index in [0.717, 1.165) is 5.69 Å². The van der Waals surface area contributed by atoms with Gasteiger partial charge in [0.05, 0.1) is 19.4 Å². The van der Waals surface area contributed by atoms with Crippen LogP contribution in [-0.2, 0) is 0 Å². The predicted octanol–water partition coefficient (Wildman–Crippen LogP) is 1.13. The summed E-state index contributed by atoms with van der Waals surface area (Å²) in [6, 6.07) is 0. The lowest BCUT2D eigenvalue weighted by Crippen LogP contribution is -1.94. The Hall–Kier alpha value is -1.19. The summed E-state index contributed by atoms with van der Waals surface area (Å²) in [4.78, 5) is 0. The summed E-state index contributed by atoms with van der Waals surface area (Å²) in [5, 5.41) is 6.68. The normalized spacial score (nSPS) is 9.73. The highest BCUT2D eigenvalue weighted by molar-refractivity contribution is 5.36. The summed E-state index contributed by atoms with van der Waals surface area (Å²) in [6.07, 6.45) is 0. The van der Waals surface area contributed by atoms with Crippen molar-refractivity contribution in [3.05, 3.63) is 5.69 Å². The average molecular weight is 156 g/mol. The Morgan fingerprint density at radius 2 is 2.27 bits per heavy atom. The molecule has 1 N–H and O–H groups in total. The first kappa shape index (κ1) is 7.91. The van der Waals surface area contributed by atoms with Gasteiger partial charge in [0, 0.05) is 0 Å². The van der Waals surface area contributed by atoms with Crippen LogP contribution in [0, 0.1) is 6.92 Å². The molecule has 11 heavy (non-hydrogen) atoms. The fraction of sp³-hybridized carbons (Fsp3) is 0.571. The lowest BCUT2D eigenvalue weighted by molar-refractivity contribution is 0.301. The Balaban J connectivity index is 2.86. The van der Waals surface area contributed by atoms with Gasteiger partial charge in [-0.05, 0) is 13.8 Å². The molecule has 0 bridgehead atoms. The fourth-order valence-corrected chi connectivity index (χ4v) is 0.872. The molecule has 0 aliphatic carbocycles. The second-order valence-corrected chi connectivity index (χ2v) is 2.12. The molecular formula is C7H12N2O2. The minimum Gasteiger partial charge on any atom is -0.490 e. The molecule has 4 heteroatoms. The van der Waals surface area contributed by atoms with Gasteiger partial charge < -0.3 is 9.47 Å². The molecule has 0 radical (unpaired) electrons. The molecule has 0 unspecified atom stereocenters. The third-order valence-corrected chi connectivity index (χ3v) is 1.35. The topological polar surface area (TPSA) is 47.1 Å². The summed E-state index contributed by atoms with van der Waals surface area (Å²) in [7, 11) is 1.60. The van der Waals surface area contributed by atoms with Crippen molar-refractivity contribution >= 4 is 0 Å². The molecule has 0 fully saturated rings. The number of aromatic nitrogens is 2. The average Bonchev–Trinajstić information content (AvgIpc) is 2.33. The van der Waals surface area contributed by atoms with Crippen LogP contribution < -0.4 is 9.47 Å². The van der Waals surface area contributed by atoms with Crippen LogP contribution in [-0.4, -0.2) is 23.9 Å². The van der Waals surface area contributed by atoms with Crippen LogP contribution in [0.15, 0.2) is 0 Å². The van der Waals surface area contributed by atoms with E-state index < -0.39 is 0 Å². The number of H-pyrrole nitrogens is 1. The highest BCUT2D eigenvalue weighted by Crippen LogP contribution is 2.26. The lowest BCUT2D eigenvalue weighted by Gasteiger charge is -2.00. The van der Waals surface area contributed by atoms with Crippen molar-refractivity contribution in [2.75, 3.05) is 13.7 Å². The van der Waals surface area contributed by atoms with E-state index in [1.807, 2.05) is 13.8 Å². The molecule has 1 rings (SSSR count). The number of rotatable bonds is 3. The van der Waals surface area contributed by atoms with E-state index >= 15 is 0 Å².